The van der Waals surface area contributed by atoms with E-state index >= 15 is 0 Å². The summed E-state index contributed by atoms with van der Waals surface area (Å²) in [5, 5.41) is 24.1. The van der Waals surface area contributed by atoms with E-state index in [2.05, 4.69) is 26.1 Å². The van der Waals surface area contributed by atoms with E-state index in [0.29, 0.717) is 12.0 Å². The summed E-state index contributed by atoms with van der Waals surface area (Å²) in [6.07, 6.45) is 1.54. The Morgan fingerprint density at radius 3 is 2.36 bits per heavy atom. The molecule has 112 valence electrons. The van der Waals surface area contributed by atoms with Crippen LogP contribution in [-0.2, 0) is 6.42 Å². The lowest BCUT2D eigenvalue weighted by atomic mass is 9.81. The van der Waals surface area contributed by atoms with Crippen LogP contribution in [0.2, 0.25) is 0 Å². The number of H-pyrrole nitrogens is 2. The number of hydrogen-bond acceptors (Lipinski definition) is 3. The lowest BCUT2D eigenvalue weighted by Crippen LogP contribution is -2.20. The molecule has 1 aromatic heterocycles. The van der Waals surface area contributed by atoms with Crippen LogP contribution in [0.25, 0.3) is 0 Å². The Hall–Kier alpha value is -2.31. The Kier molecular flexibility index (Phi) is 5.19. The summed E-state index contributed by atoms with van der Waals surface area (Å²) in [5.41, 5.74) is 1.75. The van der Waals surface area contributed by atoms with Crippen molar-refractivity contribution in [1.29, 1.82) is 10.5 Å². The molecule has 1 aromatic carbocycles. The third-order valence-corrected chi connectivity index (χ3v) is 4.08. The van der Waals surface area contributed by atoms with E-state index in [1.165, 1.54) is 0 Å². The first-order chi connectivity index (χ1) is 10.6. The fourth-order valence-corrected chi connectivity index (χ4v) is 2.82. The number of aromatic amines is 2. The SMILES string of the molecule is CCCc1[nH][nH]c(=O)c1[C@@H](c1ccc(Br)cc1)C(C#N)C#N. The lowest BCUT2D eigenvalue weighted by Gasteiger charge is -2.17. The van der Waals surface area contributed by atoms with Crippen LogP contribution in [-0.4, -0.2) is 10.2 Å². The van der Waals surface area contributed by atoms with Gasteiger partial charge in [-0.3, -0.25) is 9.89 Å². The molecule has 2 rings (SSSR count). The van der Waals surface area contributed by atoms with Crippen molar-refractivity contribution in [2.45, 2.75) is 25.7 Å². The zero-order valence-corrected chi connectivity index (χ0v) is 13.6. The zero-order chi connectivity index (χ0) is 16.1. The average Bonchev–Trinajstić information content (AvgIpc) is 2.87. The fraction of sp³-hybridized carbons (Fsp3) is 0.312. The number of benzene rings is 1. The summed E-state index contributed by atoms with van der Waals surface area (Å²) < 4.78 is 0.900. The molecule has 0 radical (unpaired) electrons. The Bertz CT molecular complexity index is 762. The van der Waals surface area contributed by atoms with E-state index in [1.54, 1.807) is 0 Å². The number of nitrogens with one attached hydrogen (secondary N) is 2. The molecule has 2 aromatic rings. The maximum absolute atomic E-state index is 12.2. The number of halogens is 1. The molecule has 2 N–H and O–H groups in total. The minimum Gasteiger partial charge on any atom is -0.302 e. The van der Waals surface area contributed by atoms with Crippen molar-refractivity contribution in [2.24, 2.45) is 5.92 Å². The number of aromatic nitrogens is 2. The average molecular weight is 359 g/mol. The second-order valence-electron chi connectivity index (χ2n) is 4.99. The van der Waals surface area contributed by atoms with Crippen molar-refractivity contribution in [1.82, 2.24) is 10.2 Å². The van der Waals surface area contributed by atoms with E-state index in [0.717, 1.165) is 22.2 Å². The van der Waals surface area contributed by atoms with Crippen LogP contribution in [0.4, 0.5) is 0 Å². The van der Waals surface area contributed by atoms with Crippen molar-refractivity contribution in [3.8, 4) is 12.1 Å². The Morgan fingerprint density at radius 2 is 1.82 bits per heavy atom. The first-order valence-electron chi connectivity index (χ1n) is 6.96. The van der Waals surface area contributed by atoms with Crippen LogP contribution in [0.5, 0.6) is 0 Å². The van der Waals surface area contributed by atoms with Gasteiger partial charge >= 0.3 is 0 Å². The van der Waals surface area contributed by atoms with E-state index in [-0.39, 0.29) is 5.56 Å². The molecule has 0 saturated heterocycles. The van der Waals surface area contributed by atoms with Gasteiger partial charge in [0.25, 0.3) is 5.56 Å². The summed E-state index contributed by atoms with van der Waals surface area (Å²) in [6.45, 7) is 2.01. The highest BCUT2D eigenvalue weighted by atomic mass is 79.9. The van der Waals surface area contributed by atoms with Gasteiger partial charge < -0.3 is 5.10 Å². The standard InChI is InChI=1S/C16H15BrN4O/c1-2-3-13-15(16(22)21-20-13)14(11(8-18)9-19)10-4-6-12(17)7-5-10/h4-7,11,14H,2-3H2,1H3,(H2,20,21,22)/t14-/m0/s1. The summed E-state index contributed by atoms with van der Waals surface area (Å²) in [5.74, 6) is -1.49. The van der Waals surface area contributed by atoms with Gasteiger partial charge in [-0.05, 0) is 24.1 Å². The second-order valence-corrected chi connectivity index (χ2v) is 5.90. The molecule has 0 saturated carbocycles. The molecular weight excluding hydrogens is 344 g/mol. The van der Waals surface area contributed by atoms with Crippen LogP contribution in [0, 0.1) is 28.6 Å². The number of hydrogen-bond donors (Lipinski definition) is 2. The summed E-state index contributed by atoms with van der Waals surface area (Å²) in [7, 11) is 0. The van der Waals surface area contributed by atoms with E-state index < -0.39 is 11.8 Å². The maximum atomic E-state index is 12.2. The van der Waals surface area contributed by atoms with Crippen molar-refractivity contribution in [2.75, 3.05) is 0 Å². The van der Waals surface area contributed by atoms with Crippen LogP contribution in [0.15, 0.2) is 33.5 Å². The van der Waals surface area contributed by atoms with Crippen LogP contribution < -0.4 is 5.56 Å². The molecule has 0 spiro atoms. The fourth-order valence-electron chi connectivity index (χ4n) is 2.55. The predicted molar refractivity (Wildman–Crippen MR) is 86.1 cm³/mol. The molecule has 0 aliphatic carbocycles. The van der Waals surface area contributed by atoms with Crippen LogP contribution in [0.3, 0.4) is 0 Å². The molecular formula is C16H15BrN4O. The van der Waals surface area contributed by atoms with Gasteiger partial charge in [-0.2, -0.15) is 10.5 Å². The van der Waals surface area contributed by atoms with Gasteiger partial charge in [-0.1, -0.05) is 41.4 Å². The highest BCUT2D eigenvalue weighted by Gasteiger charge is 2.30. The number of aryl methyl sites for hydroxylation is 1. The van der Waals surface area contributed by atoms with Crippen LogP contribution in [0.1, 0.15) is 36.1 Å². The summed E-state index contributed by atoms with van der Waals surface area (Å²) in [4.78, 5) is 12.2. The zero-order valence-electron chi connectivity index (χ0n) is 12.1. The normalized spacial score (nSPS) is 11.9. The minimum atomic E-state index is -0.923. The van der Waals surface area contributed by atoms with E-state index in [4.69, 9.17) is 0 Å². The number of nitrogens with zero attached hydrogens (tertiary/aromatic N) is 2. The smallest absolute Gasteiger partial charge is 0.268 e. The molecule has 1 heterocycles. The Balaban J connectivity index is 2.62. The van der Waals surface area contributed by atoms with E-state index in [1.807, 2.05) is 43.3 Å². The Labute approximate surface area is 136 Å². The molecule has 0 aliphatic rings. The second kappa shape index (κ2) is 7.11. The van der Waals surface area contributed by atoms with Crippen molar-refractivity contribution >= 4 is 15.9 Å². The molecule has 0 unspecified atom stereocenters. The van der Waals surface area contributed by atoms with Gasteiger partial charge in [-0.25, -0.2) is 0 Å². The lowest BCUT2D eigenvalue weighted by molar-refractivity contribution is 0.692. The van der Waals surface area contributed by atoms with Crippen molar-refractivity contribution in [3.05, 3.63) is 55.9 Å². The third kappa shape index (κ3) is 3.13. The molecule has 0 amide bonds. The molecule has 0 aliphatic heterocycles. The summed E-state index contributed by atoms with van der Waals surface area (Å²) in [6, 6.07) is 11.4. The van der Waals surface area contributed by atoms with Crippen molar-refractivity contribution < 1.29 is 0 Å². The minimum absolute atomic E-state index is 0.271. The third-order valence-electron chi connectivity index (χ3n) is 3.55. The maximum Gasteiger partial charge on any atom is 0.268 e. The first kappa shape index (κ1) is 16.1. The van der Waals surface area contributed by atoms with Gasteiger partial charge in [0, 0.05) is 21.6 Å². The van der Waals surface area contributed by atoms with Crippen molar-refractivity contribution in [3.63, 3.8) is 0 Å². The van der Waals surface area contributed by atoms with Gasteiger partial charge in [0.05, 0.1) is 12.1 Å². The highest BCUT2D eigenvalue weighted by Crippen LogP contribution is 2.32. The van der Waals surface area contributed by atoms with Gasteiger partial charge in [0.15, 0.2) is 0 Å². The molecule has 22 heavy (non-hydrogen) atoms. The molecule has 5 nitrogen and oxygen atoms in total. The Morgan fingerprint density at radius 1 is 1.18 bits per heavy atom. The predicted octanol–water partition coefficient (Wildman–Crippen LogP) is 3.21. The molecule has 6 heteroatoms. The highest BCUT2D eigenvalue weighted by molar-refractivity contribution is 9.10. The van der Waals surface area contributed by atoms with Crippen LogP contribution >= 0.6 is 15.9 Å². The van der Waals surface area contributed by atoms with Gasteiger partial charge in [-0.15, -0.1) is 0 Å². The van der Waals surface area contributed by atoms with Gasteiger partial charge in [0.1, 0.15) is 5.92 Å². The number of rotatable bonds is 5. The largest absolute Gasteiger partial charge is 0.302 e. The molecule has 0 bridgehead atoms. The van der Waals surface area contributed by atoms with E-state index in [9.17, 15) is 15.3 Å². The molecule has 1 atom stereocenters. The monoisotopic (exact) mass is 358 g/mol. The molecule has 0 fully saturated rings. The first-order valence-corrected chi connectivity index (χ1v) is 7.75. The van der Waals surface area contributed by atoms with Gasteiger partial charge in [0.2, 0.25) is 0 Å². The quantitative estimate of drug-likeness (QED) is 0.858. The topological polar surface area (TPSA) is 96.2 Å². The summed E-state index contributed by atoms with van der Waals surface area (Å²) >= 11 is 3.36. The number of nitriles is 2.